The van der Waals surface area contributed by atoms with Crippen LogP contribution in [0.4, 0.5) is 0 Å². The lowest BCUT2D eigenvalue weighted by Crippen LogP contribution is -2.17. The van der Waals surface area contributed by atoms with Gasteiger partial charge in [0.05, 0.1) is 5.69 Å². The molecule has 1 aromatic heterocycles. The monoisotopic (exact) mass is 361 g/mol. The maximum absolute atomic E-state index is 4.81. The molecule has 0 unspecified atom stereocenters. The Hall–Kier alpha value is -2.19. The topological polar surface area (TPSA) is 12.9 Å². The van der Waals surface area contributed by atoms with Crippen molar-refractivity contribution in [3.63, 3.8) is 0 Å². The first-order valence-electron chi connectivity index (χ1n) is 9.06. The second-order valence-electron chi connectivity index (χ2n) is 7.73. The van der Waals surface area contributed by atoms with Crippen LogP contribution in [-0.2, 0) is 6.42 Å². The van der Waals surface area contributed by atoms with Crippen LogP contribution in [-0.4, -0.2) is 4.98 Å². The molecule has 134 valence electrons. The van der Waals surface area contributed by atoms with E-state index in [0.717, 1.165) is 17.1 Å². The van der Waals surface area contributed by atoms with E-state index in [0.29, 0.717) is 0 Å². The lowest BCUT2D eigenvalue weighted by atomic mass is 9.77. The second-order valence-corrected chi connectivity index (χ2v) is 8.82. The van der Waals surface area contributed by atoms with Crippen LogP contribution < -0.4 is 0 Å². The third kappa shape index (κ3) is 3.81. The van der Waals surface area contributed by atoms with Gasteiger partial charge in [-0.2, -0.15) is 0 Å². The molecule has 2 heteroatoms. The molecule has 0 spiro atoms. The number of rotatable bonds is 5. The van der Waals surface area contributed by atoms with Crippen LogP contribution in [0, 0.1) is 26.2 Å². The van der Waals surface area contributed by atoms with Crippen molar-refractivity contribution < 1.29 is 0 Å². The molecule has 0 aliphatic carbocycles. The average Bonchev–Trinajstić information content (AvgIpc) is 2.97. The van der Waals surface area contributed by atoms with Gasteiger partial charge in [0.25, 0.3) is 0 Å². The second kappa shape index (κ2) is 7.20. The van der Waals surface area contributed by atoms with Crippen molar-refractivity contribution in [1.29, 1.82) is 0 Å². The highest BCUT2D eigenvalue weighted by molar-refractivity contribution is 7.15. The van der Waals surface area contributed by atoms with Crippen molar-refractivity contribution in [2.45, 2.75) is 41.0 Å². The predicted molar refractivity (Wildman–Crippen MR) is 115 cm³/mol. The summed E-state index contributed by atoms with van der Waals surface area (Å²) in [4.78, 5) is 6.16. The normalized spacial score (nSPS) is 11.6. The maximum atomic E-state index is 4.81. The highest BCUT2D eigenvalue weighted by atomic mass is 32.1. The highest BCUT2D eigenvalue weighted by Gasteiger charge is 2.26. The third-order valence-corrected chi connectivity index (χ3v) is 6.39. The van der Waals surface area contributed by atoms with E-state index in [1.165, 1.54) is 32.7 Å². The van der Waals surface area contributed by atoms with E-state index in [4.69, 9.17) is 4.98 Å². The lowest BCUT2D eigenvalue weighted by Gasteiger charge is -2.28. The summed E-state index contributed by atoms with van der Waals surface area (Å²) in [7, 11) is 0. The minimum atomic E-state index is -0.0209. The zero-order valence-electron chi connectivity index (χ0n) is 16.4. The van der Waals surface area contributed by atoms with Crippen LogP contribution in [0.15, 0.2) is 55.1 Å². The van der Waals surface area contributed by atoms with E-state index < -0.39 is 0 Å². The van der Waals surface area contributed by atoms with Crippen molar-refractivity contribution in [2.75, 3.05) is 0 Å². The molecule has 0 radical (unpaired) electrons. The van der Waals surface area contributed by atoms with Crippen LogP contribution in [0.3, 0.4) is 0 Å². The van der Waals surface area contributed by atoms with Gasteiger partial charge in [-0.25, -0.2) is 4.98 Å². The molecule has 2 aromatic carbocycles. The Balaban J connectivity index is 1.86. The molecule has 0 atom stereocenters. The van der Waals surface area contributed by atoms with E-state index in [-0.39, 0.29) is 5.41 Å². The summed E-state index contributed by atoms with van der Waals surface area (Å²) in [5.74, 6) is 0. The van der Waals surface area contributed by atoms with E-state index in [9.17, 15) is 0 Å². The number of thiazole rings is 1. The quantitative estimate of drug-likeness (QED) is 0.476. The molecule has 1 heterocycles. The van der Waals surface area contributed by atoms with Crippen molar-refractivity contribution in [3.05, 3.63) is 82.4 Å². The van der Waals surface area contributed by atoms with Gasteiger partial charge in [-0.05, 0) is 54.9 Å². The molecule has 3 aromatic rings. The van der Waals surface area contributed by atoms with Gasteiger partial charge < -0.3 is 0 Å². The van der Waals surface area contributed by atoms with Crippen LogP contribution in [0.2, 0.25) is 0 Å². The van der Waals surface area contributed by atoms with Gasteiger partial charge in [-0.3, -0.25) is 0 Å². The smallest absolute Gasteiger partial charge is 0.123 e. The van der Waals surface area contributed by atoms with Crippen LogP contribution in [0.25, 0.3) is 16.1 Å². The third-order valence-electron chi connectivity index (χ3n) is 5.19. The molecule has 1 nitrogen and oxygen atoms in total. The average molecular weight is 362 g/mol. The van der Waals surface area contributed by atoms with Crippen LogP contribution in [0.5, 0.6) is 0 Å². The Labute approximate surface area is 161 Å². The Bertz CT molecular complexity index is 932. The molecule has 0 aliphatic rings. The van der Waals surface area contributed by atoms with Crippen molar-refractivity contribution in [3.8, 4) is 10.6 Å². The number of hydrogen-bond acceptors (Lipinski definition) is 2. The maximum Gasteiger partial charge on any atom is 0.123 e. The zero-order chi connectivity index (χ0) is 18.9. The number of benzene rings is 2. The number of aryl methyl sites for hydroxylation is 3. The molecule has 0 bridgehead atoms. The first kappa shape index (κ1) is 18.6. The van der Waals surface area contributed by atoms with E-state index in [1.54, 1.807) is 11.3 Å². The molecule has 3 rings (SSSR count). The fourth-order valence-electron chi connectivity index (χ4n) is 3.12. The molecule has 0 saturated carbocycles. The number of allylic oxidation sites excluding steroid dienone is 1. The first-order chi connectivity index (χ1) is 12.3. The van der Waals surface area contributed by atoms with Gasteiger partial charge in [-0.15, -0.1) is 11.3 Å². The van der Waals surface area contributed by atoms with Crippen LogP contribution in [0.1, 0.15) is 41.1 Å². The summed E-state index contributed by atoms with van der Waals surface area (Å²) in [5, 5.41) is 1.10. The van der Waals surface area contributed by atoms with Gasteiger partial charge in [0.2, 0.25) is 0 Å². The summed E-state index contributed by atoms with van der Waals surface area (Å²) in [6.45, 7) is 15.4. The van der Waals surface area contributed by atoms with Gasteiger partial charge in [0, 0.05) is 10.4 Å². The standard InChI is InChI=1S/C24H27NS/c1-16-12-13-21(14-17(16)2)18(3)24(5,6)15-22-19(4)25-23(26-22)20-10-8-7-9-11-20/h7-14H,3,15H2,1-2,4-6H3. The van der Waals surface area contributed by atoms with E-state index in [1.807, 2.05) is 6.07 Å². The van der Waals surface area contributed by atoms with Crippen molar-refractivity contribution in [2.24, 2.45) is 5.41 Å². The number of aromatic nitrogens is 1. The number of nitrogens with zero attached hydrogens (tertiary/aromatic N) is 1. The fourth-order valence-corrected chi connectivity index (χ4v) is 4.42. The van der Waals surface area contributed by atoms with Crippen molar-refractivity contribution in [1.82, 2.24) is 4.98 Å². The summed E-state index contributed by atoms with van der Waals surface area (Å²) < 4.78 is 0. The molecule has 0 N–H and O–H groups in total. The Morgan fingerprint density at radius 2 is 1.69 bits per heavy atom. The molecule has 0 aliphatic heterocycles. The Kier molecular flexibility index (Phi) is 5.15. The molecular formula is C24H27NS. The summed E-state index contributed by atoms with van der Waals surface area (Å²) in [6, 6.07) is 17.1. The minimum Gasteiger partial charge on any atom is -0.241 e. The summed E-state index contributed by atoms with van der Waals surface area (Å²) in [6.07, 6.45) is 0.953. The predicted octanol–water partition coefficient (Wildman–Crippen LogP) is 7.02. The van der Waals surface area contributed by atoms with E-state index >= 15 is 0 Å². The molecule has 0 fully saturated rings. The Morgan fingerprint density at radius 1 is 1.00 bits per heavy atom. The summed E-state index contributed by atoms with van der Waals surface area (Å²) in [5.41, 5.74) is 7.38. The zero-order valence-corrected chi connectivity index (χ0v) is 17.2. The first-order valence-corrected chi connectivity index (χ1v) is 9.88. The van der Waals surface area contributed by atoms with Crippen molar-refractivity contribution >= 4 is 16.9 Å². The molecule has 0 amide bonds. The van der Waals surface area contributed by atoms with E-state index in [2.05, 4.69) is 83.7 Å². The Morgan fingerprint density at radius 3 is 2.35 bits per heavy atom. The van der Waals surface area contributed by atoms with Gasteiger partial charge in [0.1, 0.15) is 5.01 Å². The number of hydrogen-bond donors (Lipinski definition) is 0. The molecular weight excluding hydrogens is 334 g/mol. The SMILES string of the molecule is C=C(c1ccc(C)c(C)c1)C(C)(C)Cc1sc(-c2ccccc2)nc1C. The fraction of sp³-hybridized carbons (Fsp3) is 0.292. The molecule has 0 saturated heterocycles. The lowest BCUT2D eigenvalue weighted by molar-refractivity contribution is 0.502. The van der Waals surface area contributed by atoms with Gasteiger partial charge in [-0.1, -0.05) is 69.0 Å². The molecule has 26 heavy (non-hydrogen) atoms. The van der Waals surface area contributed by atoms with Gasteiger partial charge in [0.15, 0.2) is 0 Å². The minimum absolute atomic E-state index is 0.0209. The highest BCUT2D eigenvalue weighted by Crippen LogP contribution is 2.40. The van der Waals surface area contributed by atoms with Crippen LogP contribution >= 0.6 is 11.3 Å². The largest absolute Gasteiger partial charge is 0.241 e. The van der Waals surface area contributed by atoms with Gasteiger partial charge >= 0.3 is 0 Å². The summed E-state index contributed by atoms with van der Waals surface area (Å²) >= 11 is 1.81.